The lowest BCUT2D eigenvalue weighted by Crippen LogP contribution is -2.11. The van der Waals surface area contributed by atoms with Crippen LogP contribution in [-0.2, 0) is 4.74 Å². The maximum atomic E-state index is 12.1. The Morgan fingerprint density at radius 1 is 1.03 bits per heavy atom. The molecule has 0 fully saturated rings. The van der Waals surface area contributed by atoms with Crippen molar-refractivity contribution in [2.45, 2.75) is 19.9 Å². The second kappa shape index (κ2) is 10.2. The number of allylic oxidation sites excluding steroid dienone is 2. The number of hydrogen-bond acceptors (Lipinski definition) is 7. The molecule has 29 heavy (non-hydrogen) atoms. The standard InChI is InChI=1S/C22H19N5O2/c1-3-29-22(28)17-9-10-19(26-15(2)16-7-5-4-6-8-16)20(11-17)27-21(14-25)18(12-23)13-24/h4-11,15,26-27H,3H2,1-2H3. The van der Waals surface area contributed by atoms with Gasteiger partial charge >= 0.3 is 5.97 Å². The molecule has 0 aliphatic rings. The van der Waals surface area contributed by atoms with Gasteiger partial charge in [0.2, 0.25) is 0 Å². The van der Waals surface area contributed by atoms with Crippen LogP contribution in [0.5, 0.6) is 0 Å². The van der Waals surface area contributed by atoms with E-state index >= 15 is 0 Å². The number of ether oxygens (including phenoxy) is 1. The predicted molar refractivity (Wildman–Crippen MR) is 108 cm³/mol. The van der Waals surface area contributed by atoms with E-state index in [9.17, 15) is 10.1 Å². The van der Waals surface area contributed by atoms with Gasteiger partial charge in [0.1, 0.15) is 23.9 Å². The van der Waals surface area contributed by atoms with E-state index in [1.54, 1.807) is 31.2 Å². The van der Waals surface area contributed by atoms with E-state index in [0.717, 1.165) is 5.56 Å². The van der Waals surface area contributed by atoms with Crippen molar-refractivity contribution in [1.82, 2.24) is 0 Å². The largest absolute Gasteiger partial charge is 0.462 e. The summed E-state index contributed by atoms with van der Waals surface area (Å²) in [6.45, 7) is 3.90. The highest BCUT2D eigenvalue weighted by molar-refractivity contribution is 5.92. The van der Waals surface area contributed by atoms with Crippen molar-refractivity contribution in [3.8, 4) is 18.2 Å². The number of anilines is 2. The second-order valence-corrected chi connectivity index (χ2v) is 5.97. The number of rotatable bonds is 7. The molecule has 2 aromatic rings. The average molecular weight is 385 g/mol. The SMILES string of the molecule is CCOC(=O)c1ccc(NC(C)c2ccccc2)c(NC(C#N)=C(C#N)C#N)c1. The van der Waals surface area contributed by atoms with E-state index in [-0.39, 0.29) is 29.5 Å². The molecule has 0 heterocycles. The highest BCUT2D eigenvalue weighted by atomic mass is 16.5. The van der Waals surface area contributed by atoms with Crippen LogP contribution in [0, 0.1) is 34.0 Å². The molecule has 0 aliphatic carbocycles. The van der Waals surface area contributed by atoms with Gasteiger partial charge in [0.05, 0.1) is 23.5 Å². The van der Waals surface area contributed by atoms with Crippen molar-refractivity contribution in [2.75, 3.05) is 17.2 Å². The van der Waals surface area contributed by atoms with Gasteiger partial charge < -0.3 is 15.4 Å². The van der Waals surface area contributed by atoms with E-state index in [2.05, 4.69) is 10.6 Å². The van der Waals surface area contributed by atoms with Crippen LogP contribution in [0.2, 0.25) is 0 Å². The number of nitrogens with zero attached hydrogens (tertiary/aromatic N) is 3. The van der Waals surface area contributed by atoms with Crippen molar-refractivity contribution >= 4 is 17.3 Å². The lowest BCUT2D eigenvalue weighted by Gasteiger charge is -2.20. The first kappa shape index (κ1) is 21.0. The van der Waals surface area contributed by atoms with Gasteiger partial charge in [-0.2, -0.15) is 15.8 Å². The van der Waals surface area contributed by atoms with Crippen molar-refractivity contribution in [3.05, 3.63) is 70.9 Å². The zero-order valence-electron chi connectivity index (χ0n) is 16.1. The molecule has 0 spiro atoms. The minimum Gasteiger partial charge on any atom is -0.462 e. The summed E-state index contributed by atoms with van der Waals surface area (Å²) in [6, 6.07) is 19.7. The fraction of sp³-hybridized carbons (Fsp3) is 0.182. The van der Waals surface area contributed by atoms with Gasteiger partial charge in [0.15, 0.2) is 5.57 Å². The zero-order valence-corrected chi connectivity index (χ0v) is 16.1. The van der Waals surface area contributed by atoms with Crippen LogP contribution in [0.3, 0.4) is 0 Å². The van der Waals surface area contributed by atoms with E-state index in [4.69, 9.17) is 15.3 Å². The molecule has 0 amide bonds. The Morgan fingerprint density at radius 2 is 1.72 bits per heavy atom. The number of carbonyl (C=O) groups excluding carboxylic acids is 1. The van der Waals surface area contributed by atoms with Crippen LogP contribution in [0.1, 0.15) is 35.8 Å². The highest BCUT2D eigenvalue weighted by Gasteiger charge is 2.15. The Labute approximate surface area is 169 Å². The third-order valence-electron chi connectivity index (χ3n) is 4.05. The van der Waals surface area contributed by atoms with Gasteiger partial charge in [-0.25, -0.2) is 4.79 Å². The summed E-state index contributed by atoms with van der Waals surface area (Å²) in [7, 11) is 0. The normalized spacial score (nSPS) is 10.4. The predicted octanol–water partition coefficient (Wildman–Crippen LogP) is 4.27. The molecule has 0 aliphatic heterocycles. The third kappa shape index (κ3) is 5.35. The van der Waals surface area contributed by atoms with E-state index in [1.165, 1.54) is 6.07 Å². The first-order valence-corrected chi connectivity index (χ1v) is 8.88. The summed E-state index contributed by atoms with van der Waals surface area (Å²) in [5, 5.41) is 33.6. The number of carbonyl (C=O) groups is 1. The van der Waals surface area contributed by atoms with Crippen molar-refractivity contribution < 1.29 is 9.53 Å². The summed E-state index contributed by atoms with van der Waals surface area (Å²) >= 11 is 0. The second-order valence-electron chi connectivity index (χ2n) is 5.97. The Kier molecular flexibility index (Phi) is 7.36. The van der Waals surface area contributed by atoms with Crippen molar-refractivity contribution in [2.24, 2.45) is 0 Å². The number of esters is 1. The zero-order chi connectivity index (χ0) is 21.2. The lowest BCUT2D eigenvalue weighted by atomic mass is 10.1. The third-order valence-corrected chi connectivity index (χ3v) is 4.05. The summed E-state index contributed by atoms with van der Waals surface area (Å²) in [5.74, 6) is -0.513. The van der Waals surface area contributed by atoms with E-state index in [1.807, 2.05) is 43.3 Å². The Morgan fingerprint density at radius 3 is 2.31 bits per heavy atom. The summed E-state index contributed by atoms with van der Waals surface area (Å²) in [4.78, 5) is 12.1. The van der Waals surface area contributed by atoms with Crippen LogP contribution in [0.4, 0.5) is 11.4 Å². The molecule has 1 unspecified atom stereocenters. The van der Waals surface area contributed by atoms with Crippen LogP contribution < -0.4 is 10.6 Å². The molecule has 0 aromatic heterocycles. The fourth-order valence-corrected chi connectivity index (χ4v) is 2.59. The number of hydrogen-bond donors (Lipinski definition) is 2. The average Bonchev–Trinajstić information content (AvgIpc) is 2.75. The molecule has 2 aromatic carbocycles. The minimum atomic E-state index is -0.513. The van der Waals surface area contributed by atoms with E-state index < -0.39 is 5.97 Å². The molecular formula is C22H19N5O2. The lowest BCUT2D eigenvalue weighted by molar-refractivity contribution is 0.0526. The number of nitrogens with one attached hydrogen (secondary N) is 2. The first-order chi connectivity index (χ1) is 14.0. The highest BCUT2D eigenvalue weighted by Crippen LogP contribution is 2.29. The summed E-state index contributed by atoms with van der Waals surface area (Å²) in [5.41, 5.74) is 1.73. The van der Waals surface area contributed by atoms with Gasteiger partial charge in [-0.1, -0.05) is 30.3 Å². The topological polar surface area (TPSA) is 122 Å². The maximum Gasteiger partial charge on any atom is 0.338 e. The van der Waals surface area contributed by atoms with Crippen LogP contribution in [0.25, 0.3) is 0 Å². The quantitative estimate of drug-likeness (QED) is 0.539. The van der Waals surface area contributed by atoms with Crippen LogP contribution in [-0.4, -0.2) is 12.6 Å². The molecule has 2 N–H and O–H groups in total. The molecule has 144 valence electrons. The minimum absolute atomic E-state index is 0.0777. The van der Waals surface area contributed by atoms with Gasteiger partial charge in [-0.05, 0) is 37.6 Å². The fourth-order valence-electron chi connectivity index (χ4n) is 2.59. The first-order valence-electron chi connectivity index (χ1n) is 8.88. The van der Waals surface area contributed by atoms with E-state index in [0.29, 0.717) is 11.4 Å². The van der Waals surface area contributed by atoms with Gasteiger partial charge in [-0.15, -0.1) is 0 Å². The molecule has 2 rings (SSSR count). The molecular weight excluding hydrogens is 366 g/mol. The van der Waals surface area contributed by atoms with Gasteiger partial charge in [0, 0.05) is 6.04 Å². The summed E-state index contributed by atoms with van der Waals surface area (Å²) < 4.78 is 5.03. The molecule has 1 atom stereocenters. The molecule has 7 heteroatoms. The van der Waals surface area contributed by atoms with Crippen LogP contribution >= 0.6 is 0 Å². The summed E-state index contributed by atoms with van der Waals surface area (Å²) in [6.07, 6.45) is 0. The van der Waals surface area contributed by atoms with Gasteiger partial charge in [-0.3, -0.25) is 0 Å². The Bertz CT molecular complexity index is 1020. The Balaban J connectivity index is 2.46. The van der Waals surface area contributed by atoms with Crippen LogP contribution in [0.15, 0.2) is 59.8 Å². The van der Waals surface area contributed by atoms with Crippen molar-refractivity contribution in [3.63, 3.8) is 0 Å². The van der Waals surface area contributed by atoms with Crippen molar-refractivity contribution in [1.29, 1.82) is 15.8 Å². The smallest absolute Gasteiger partial charge is 0.338 e. The molecule has 0 saturated carbocycles. The molecule has 0 bridgehead atoms. The van der Waals surface area contributed by atoms with Gasteiger partial charge in [0.25, 0.3) is 0 Å². The molecule has 0 radical (unpaired) electrons. The number of benzene rings is 2. The maximum absolute atomic E-state index is 12.1. The molecule has 0 saturated heterocycles. The molecule has 7 nitrogen and oxygen atoms in total. The Hall–Kier alpha value is -4.28. The monoisotopic (exact) mass is 385 g/mol. The number of nitriles is 3.